The lowest BCUT2D eigenvalue weighted by atomic mass is 9.83. The first-order valence-electron chi connectivity index (χ1n) is 14.4. The molecule has 218 valence electrons. The molecule has 1 saturated heterocycles. The molecule has 2 N–H and O–H groups in total. The van der Waals surface area contributed by atoms with Crippen LogP contribution >= 0.6 is 0 Å². The normalized spacial score (nSPS) is 23.2. The van der Waals surface area contributed by atoms with E-state index in [4.69, 9.17) is 0 Å². The van der Waals surface area contributed by atoms with E-state index < -0.39 is 18.2 Å². The van der Waals surface area contributed by atoms with E-state index in [1.807, 2.05) is 6.92 Å². The highest BCUT2D eigenvalue weighted by Gasteiger charge is 2.31. The number of rotatable bonds is 8. The largest absolute Gasteiger partial charge is 0.390 e. The van der Waals surface area contributed by atoms with Crippen molar-refractivity contribution in [1.82, 2.24) is 24.3 Å². The van der Waals surface area contributed by atoms with Crippen LogP contribution in [0, 0.1) is 0 Å². The van der Waals surface area contributed by atoms with Crippen molar-refractivity contribution in [2.75, 3.05) is 38.0 Å². The van der Waals surface area contributed by atoms with Gasteiger partial charge in [0.1, 0.15) is 5.65 Å². The van der Waals surface area contributed by atoms with Crippen molar-refractivity contribution in [3.63, 3.8) is 0 Å². The van der Waals surface area contributed by atoms with Crippen LogP contribution in [0.1, 0.15) is 64.5 Å². The molecule has 0 spiro atoms. The molecule has 10 heteroatoms. The molecular formula is C30H41F3N6O. The van der Waals surface area contributed by atoms with Gasteiger partial charge in [0.05, 0.1) is 12.0 Å². The third kappa shape index (κ3) is 6.95. The van der Waals surface area contributed by atoms with Crippen molar-refractivity contribution >= 4 is 17.0 Å². The van der Waals surface area contributed by atoms with Crippen molar-refractivity contribution in [1.29, 1.82) is 0 Å². The highest BCUT2D eigenvalue weighted by atomic mass is 19.4. The molecule has 3 aromatic rings. The zero-order valence-electron chi connectivity index (χ0n) is 23.7. The van der Waals surface area contributed by atoms with E-state index in [2.05, 4.69) is 74.0 Å². The van der Waals surface area contributed by atoms with Gasteiger partial charge in [-0.15, -0.1) is 0 Å². The van der Waals surface area contributed by atoms with Crippen LogP contribution < -0.4 is 5.32 Å². The molecule has 1 aliphatic carbocycles. The Morgan fingerprint density at radius 3 is 2.38 bits per heavy atom. The standard InChI is InChI=1S/C30H41F3N6O/c1-21(2)38-16-14-37(15-17-38)19-22-4-6-23(7-5-22)26-20-39(24-8-10-29(3,40)11-9-24)27-25(26)18-35-28(36-27)34-13-12-30(31,32)33/h4-7,18,20-21,24,40H,8-17,19H2,1-3H3,(H,34,35,36)/t24-,29-. The number of anilines is 1. The molecule has 0 atom stereocenters. The predicted octanol–water partition coefficient (Wildman–Crippen LogP) is 5.85. The summed E-state index contributed by atoms with van der Waals surface area (Å²) >= 11 is 0. The van der Waals surface area contributed by atoms with E-state index in [-0.39, 0.29) is 18.5 Å². The summed E-state index contributed by atoms with van der Waals surface area (Å²) in [6.07, 6.45) is 1.62. The van der Waals surface area contributed by atoms with Crippen LogP contribution in [0.5, 0.6) is 0 Å². The summed E-state index contributed by atoms with van der Waals surface area (Å²) < 4.78 is 40.1. The summed E-state index contributed by atoms with van der Waals surface area (Å²) in [5.41, 5.74) is 3.37. The maximum Gasteiger partial charge on any atom is 0.390 e. The molecule has 2 fully saturated rings. The minimum atomic E-state index is -4.24. The third-order valence-corrected chi connectivity index (χ3v) is 8.50. The van der Waals surface area contributed by atoms with E-state index >= 15 is 0 Å². The minimum absolute atomic E-state index is 0.151. The van der Waals surface area contributed by atoms with Crippen molar-refractivity contribution in [3.05, 3.63) is 42.2 Å². The predicted molar refractivity (Wildman–Crippen MR) is 152 cm³/mol. The lowest BCUT2D eigenvalue weighted by Crippen LogP contribution is -2.48. The molecule has 5 rings (SSSR count). The number of piperazine rings is 1. The van der Waals surface area contributed by atoms with Gasteiger partial charge in [-0.25, -0.2) is 4.98 Å². The van der Waals surface area contributed by atoms with Crippen molar-refractivity contribution in [3.8, 4) is 11.1 Å². The second kappa shape index (κ2) is 11.7. The lowest BCUT2D eigenvalue weighted by molar-refractivity contribution is -0.131. The highest BCUT2D eigenvalue weighted by molar-refractivity contribution is 5.94. The van der Waals surface area contributed by atoms with E-state index in [0.29, 0.717) is 24.5 Å². The first kappa shape index (κ1) is 28.8. The number of nitrogens with zero attached hydrogens (tertiary/aromatic N) is 5. The number of fused-ring (bicyclic) bond motifs is 1. The monoisotopic (exact) mass is 558 g/mol. The van der Waals surface area contributed by atoms with E-state index in [0.717, 1.165) is 62.1 Å². The van der Waals surface area contributed by atoms with Crippen LogP contribution in [0.4, 0.5) is 19.1 Å². The van der Waals surface area contributed by atoms with Crippen molar-refractivity contribution in [2.24, 2.45) is 0 Å². The van der Waals surface area contributed by atoms with Gasteiger partial charge in [-0.2, -0.15) is 18.2 Å². The van der Waals surface area contributed by atoms with E-state index in [9.17, 15) is 18.3 Å². The fraction of sp³-hybridized carbons (Fsp3) is 0.600. The molecule has 0 radical (unpaired) electrons. The Kier molecular flexibility index (Phi) is 8.40. The van der Waals surface area contributed by atoms with Gasteiger partial charge < -0.3 is 15.0 Å². The third-order valence-electron chi connectivity index (χ3n) is 8.50. The molecule has 3 heterocycles. The molecule has 0 bridgehead atoms. The maximum absolute atomic E-state index is 12.7. The van der Waals surface area contributed by atoms with Gasteiger partial charge in [-0.1, -0.05) is 24.3 Å². The van der Waals surface area contributed by atoms with Crippen LogP contribution in [0.2, 0.25) is 0 Å². The number of nitrogens with one attached hydrogen (secondary N) is 1. The summed E-state index contributed by atoms with van der Waals surface area (Å²) in [6, 6.07) is 9.37. The molecule has 1 aliphatic heterocycles. The fourth-order valence-corrected chi connectivity index (χ4v) is 5.93. The average Bonchev–Trinajstić information content (AvgIpc) is 3.27. The maximum atomic E-state index is 12.7. The van der Waals surface area contributed by atoms with Crippen LogP contribution in [0.15, 0.2) is 36.7 Å². The van der Waals surface area contributed by atoms with Gasteiger partial charge in [0.15, 0.2) is 0 Å². The van der Waals surface area contributed by atoms with Crippen LogP contribution in [-0.2, 0) is 6.54 Å². The number of benzene rings is 1. The summed E-state index contributed by atoms with van der Waals surface area (Å²) in [4.78, 5) is 14.0. The molecule has 1 aromatic carbocycles. The topological polar surface area (TPSA) is 69.5 Å². The Labute approximate surface area is 234 Å². The van der Waals surface area contributed by atoms with Crippen molar-refractivity contribution < 1.29 is 18.3 Å². The highest BCUT2D eigenvalue weighted by Crippen LogP contribution is 2.39. The molecule has 7 nitrogen and oxygen atoms in total. The number of halogens is 3. The van der Waals surface area contributed by atoms with Gasteiger partial charge >= 0.3 is 6.18 Å². The zero-order valence-corrected chi connectivity index (χ0v) is 23.7. The molecule has 0 amide bonds. The smallest absolute Gasteiger partial charge is 0.390 e. The average molecular weight is 559 g/mol. The van der Waals surface area contributed by atoms with Crippen LogP contribution in [0.3, 0.4) is 0 Å². The number of aromatic nitrogens is 3. The second-order valence-corrected chi connectivity index (χ2v) is 12.0. The molecule has 2 aromatic heterocycles. The van der Waals surface area contributed by atoms with Gasteiger partial charge in [0, 0.05) is 74.7 Å². The fourth-order valence-electron chi connectivity index (χ4n) is 5.93. The van der Waals surface area contributed by atoms with Crippen LogP contribution in [0.25, 0.3) is 22.2 Å². The molecular weight excluding hydrogens is 517 g/mol. The van der Waals surface area contributed by atoms with E-state index in [1.54, 1.807) is 6.20 Å². The quantitative estimate of drug-likeness (QED) is 0.361. The Morgan fingerprint density at radius 2 is 1.75 bits per heavy atom. The first-order valence-corrected chi connectivity index (χ1v) is 14.4. The van der Waals surface area contributed by atoms with Gasteiger partial charge in [-0.3, -0.25) is 9.80 Å². The first-order chi connectivity index (χ1) is 19.0. The van der Waals surface area contributed by atoms with Gasteiger partial charge in [-0.05, 0) is 57.6 Å². The Morgan fingerprint density at radius 1 is 1.07 bits per heavy atom. The summed E-state index contributed by atoms with van der Waals surface area (Å²) in [7, 11) is 0. The van der Waals surface area contributed by atoms with Crippen molar-refractivity contribution in [2.45, 2.75) is 83.3 Å². The summed E-state index contributed by atoms with van der Waals surface area (Å²) in [5, 5.41) is 14.1. The van der Waals surface area contributed by atoms with Crippen LogP contribution in [-0.4, -0.2) is 80.0 Å². The lowest BCUT2D eigenvalue weighted by Gasteiger charge is -2.36. The molecule has 2 aliphatic rings. The molecule has 1 saturated carbocycles. The summed E-state index contributed by atoms with van der Waals surface area (Å²) in [5.74, 6) is 0.193. The molecule has 0 unspecified atom stereocenters. The number of aliphatic hydroxyl groups is 1. The number of hydrogen-bond donors (Lipinski definition) is 2. The zero-order chi connectivity index (χ0) is 28.5. The summed E-state index contributed by atoms with van der Waals surface area (Å²) in [6.45, 7) is 11.3. The molecule has 40 heavy (non-hydrogen) atoms. The minimum Gasteiger partial charge on any atom is -0.390 e. The Bertz CT molecular complexity index is 1270. The second-order valence-electron chi connectivity index (χ2n) is 12.0. The Hall–Kier alpha value is -2.69. The Balaban J connectivity index is 1.37. The van der Waals surface area contributed by atoms with E-state index in [1.165, 1.54) is 5.56 Å². The van der Waals surface area contributed by atoms with Gasteiger partial charge in [0.2, 0.25) is 5.95 Å². The van der Waals surface area contributed by atoms with Gasteiger partial charge in [0.25, 0.3) is 0 Å². The number of alkyl halides is 3. The number of hydrogen-bond acceptors (Lipinski definition) is 6. The SMILES string of the molecule is CC(C)N1CCN(Cc2ccc(-c3cn([C@H]4CC[C@](C)(O)CC4)c4nc(NCCC(F)(F)F)ncc34)cc2)CC1.